The van der Waals surface area contributed by atoms with Crippen LogP contribution in [0, 0.1) is 17.5 Å². The van der Waals surface area contributed by atoms with Gasteiger partial charge in [-0.2, -0.15) is 0 Å². The number of ether oxygens (including phenoxy) is 1. The number of nitrogens with one attached hydrogen (secondary N) is 1. The zero-order chi connectivity index (χ0) is 24.0. The highest BCUT2D eigenvalue weighted by molar-refractivity contribution is 5.85. The van der Waals surface area contributed by atoms with E-state index in [0.717, 1.165) is 18.2 Å². The van der Waals surface area contributed by atoms with Crippen molar-refractivity contribution in [1.82, 2.24) is 10.3 Å². The number of hydrogen-bond acceptors (Lipinski definition) is 5. The van der Waals surface area contributed by atoms with E-state index in [1.54, 1.807) is 0 Å². The maximum absolute atomic E-state index is 14.4. The van der Waals surface area contributed by atoms with Gasteiger partial charge in [0, 0.05) is 23.2 Å². The van der Waals surface area contributed by atoms with Gasteiger partial charge in [-0.3, -0.25) is 9.78 Å². The summed E-state index contributed by atoms with van der Waals surface area (Å²) in [5, 5.41) is 11.1. The van der Waals surface area contributed by atoms with Gasteiger partial charge in [0.1, 0.15) is 30.0 Å². The maximum Gasteiger partial charge on any atom is 0.407 e. The van der Waals surface area contributed by atoms with Crippen molar-refractivity contribution in [2.75, 3.05) is 13.2 Å². The average molecular weight is 459 g/mol. The summed E-state index contributed by atoms with van der Waals surface area (Å²) in [4.78, 5) is 28.3. The summed E-state index contributed by atoms with van der Waals surface area (Å²) in [6.07, 6.45) is -0.790. The molecule has 0 aliphatic carbocycles. The van der Waals surface area contributed by atoms with Crippen LogP contribution in [0.3, 0.4) is 0 Å². The lowest BCUT2D eigenvalue weighted by atomic mass is 9.92. The number of nitrogens with two attached hydrogens (primary N) is 1. The number of carbonyl (C=O) groups excluding carboxylic acids is 2. The summed E-state index contributed by atoms with van der Waals surface area (Å²) in [7, 11) is 0. The van der Waals surface area contributed by atoms with Crippen molar-refractivity contribution in [1.29, 1.82) is 0 Å². The number of benzene rings is 2. The lowest BCUT2D eigenvalue weighted by molar-refractivity contribution is -0.118. The van der Waals surface area contributed by atoms with Gasteiger partial charge in [0.15, 0.2) is 0 Å². The first-order valence-corrected chi connectivity index (χ1v) is 9.82. The minimum absolute atomic E-state index is 0.00463. The molecule has 0 saturated heterocycles. The predicted octanol–water partition coefficient (Wildman–Crippen LogP) is 3.00. The molecule has 2 amide bonds. The molecule has 2 aromatic carbocycles. The summed E-state index contributed by atoms with van der Waals surface area (Å²) < 4.78 is 47.3. The average Bonchev–Trinajstić information content (AvgIpc) is 2.79. The molecule has 0 aliphatic rings. The molecule has 1 heterocycles. The molecule has 3 aromatic rings. The number of alkyl carbamates (subject to hydrolysis) is 1. The third kappa shape index (κ3) is 5.66. The predicted molar refractivity (Wildman–Crippen MR) is 112 cm³/mol. The molecule has 1 atom stereocenters. The highest BCUT2D eigenvalue weighted by atomic mass is 19.1. The van der Waals surface area contributed by atoms with Gasteiger partial charge in [-0.25, -0.2) is 18.0 Å². The lowest BCUT2D eigenvalue weighted by Crippen LogP contribution is -2.27. The van der Waals surface area contributed by atoms with E-state index in [1.807, 2.05) is 0 Å². The maximum atomic E-state index is 14.4. The SMILES string of the molecule is NC(=O)C(c1ccc(COC(=O)NCCO)c(-c2ccc(F)cc2)n1)c1c(F)cccc1F. The van der Waals surface area contributed by atoms with Crippen molar-refractivity contribution in [2.45, 2.75) is 12.5 Å². The first-order chi connectivity index (χ1) is 15.8. The van der Waals surface area contributed by atoms with Crippen LogP contribution in [0.15, 0.2) is 54.6 Å². The van der Waals surface area contributed by atoms with Crippen LogP contribution in [0.4, 0.5) is 18.0 Å². The standard InChI is InChI=1S/C23H20F3N3O4/c24-15-7-4-13(5-8-15)21-14(12-33-23(32)28-10-11-30)6-9-18(29-21)20(22(27)31)19-16(25)2-1-3-17(19)26/h1-9,20,30H,10-12H2,(H2,27,31)(H,28,32). The van der Waals surface area contributed by atoms with Gasteiger partial charge in [0.2, 0.25) is 5.91 Å². The summed E-state index contributed by atoms with van der Waals surface area (Å²) >= 11 is 0. The number of primary amides is 1. The Bertz CT molecular complexity index is 1140. The zero-order valence-electron chi connectivity index (χ0n) is 17.2. The molecule has 7 nitrogen and oxygen atoms in total. The third-order valence-electron chi connectivity index (χ3n) is 4.73. The molecule has 33 heavy (non-hydrogen) atoms. The fourth-order valence-electron chi connectivity index (χ4n) is 3.21. The topological polar surface area (TPSA) is 115 Å². The number of aliphatic hydroxyl groups is 1. The van der Waals surface area contributed by atoms with E-state index < -0.39 is 40.9 Å². The van der Waals surface area contributed by atoms with Crippen molar-refractivity contribution in [3.05, 3.63) is 88.9 Å². The largest absolute Gasteiger partial charge is 0.445 e. The smallest absolute Gasteiger partial charge is 0.407 e. The second-order valence-electron chi connectivity index (χ2n) is 6.95. The molecule has 0 aliphatic heterocycles. The quantitative estimate of drug-likeness (QED) is 0.479. The van der Waals surface area contributed by atoms with E-state index in [2.05, 4.69) is 10.3 Å². The fraction of sp³-hybridized carbons (Fsp3) is 0.174. The molecule has 0 saturated carbocycles. The van der Waals surface area contributed by atoms with Crippen molar-refractivity contribution in [3.63, 3.8) is 0 Å². The Morgan fingerprint density at radius 1 is 1.03 bits per heavy atom. The van der Waals surface area contributed by atoms with Crippen LogP contribution in [0.5, 0.6) is 0 Å². The minimum atomic E-state index is -1.53. The summed E-state index contributed by atoms with van der Waals surface area (Å²) in [5.41, 5.74) is 5.86. The first-order valence-electron chi connectivity index (χ1n) is 9.82. The van der Waals surface area contributed by atoms with E-state index in [-0.39, 0.29) is 31.1 Å². The molecule has 0 spiro atoms. The lowest BCUT2D eigenvalue weighted by Gasteiger charge is -2.18. The highest BCUT2D eigenvalue weighted by Crippen LogP contribution is 2.31. The summed E-state index contributed by atoms with van der Waals surface area (Å²) in [6, 6.07) is 11.2. The van der Waals surface area contributed by atoms with Gasteiger partial charge in [0.05, 0.1) is 18.0 Å². The Morgan fingerprint density at radius 3 is 2.30 bits per heavy atom. The van der Waals surface area contributed by atoms with E-state index in [1.165, 1.54) is 36.4 Å². The fourth-order valence-corrected chi connectivity index (χ4v) is 3.21. The Labute approximate surface area is 187 Å². The zero-order valence-corrected chi connectivity index (χ0v) is 17.2. The van der Waals surface area contributed by atoms with E-state index in [0.29, 0.717) is 11.1 Å². The van der Waals surface area contributed by atoms with Gasteiger partial charge in [0.25, 0.3) is 0 Å². The minimum Gasteiger partial charge on any atom is -0.445 e. The van der Waals surface area contributed by atoms with Gasteiger partial charge in [-0.1, -0.05) is 12.1 Å². The number of halogens is 3. The molecule has 0 fully saturated rings. The normalized spacial score (nSPS) is 11.6. The van der Waals surface area contributed by atoms with E-state index >= 15 is 0 Å². The number of amides is 2. The second kappa shape index (κ2) is 10.6. The summed E-state index contributed by atoms with van der Waals surface area (Å²) in [6.45, 7) is -0.533. The molecule has 0 bridgehead atoms. The molecular formula is C23H20F3N3O4. The van der Waals surface area contributed by atoms with Crippen LogP contribution in [-0.2, 0) is 16.1 Å². The van der Waals surface area contributed by atoms with Crippen molar-refractivity contribution < 1.29 is 32.6 Å². The van der Waals surface area contributed by atoms with Gasteiger partial charge in [-0.15, -0.1) is 0 Å². The second-order valence-corrected chi connectivity index (χ2v) is 6.95. The Balaban J connectivity index is 2.06. The Kier molecular flexibility index (Phi) is 7.62. The molecule has 1 unspecified atom stereocenters. The van der Waals surface area contributed by atoms with Crippen molar-refractivity contribution >= 4 is 12.0 Å². The molecule has 172 valence electrons. The van der Waals surface area contributed by atoms with E-state index in [4.69, 9.17) is 15.6 Å². The Hall–Kier alpha value is -3.92. The number of rotatable bonds is 8. The molecular weight excluding hydrogens is 439 g/mol. The number of aromatic nitrogens is 1. The van der Waals surface area contributed by atoms with Crippen LogP contribution in [-0.4, -0.2) is 35.2 Å². The van der Waals surface area contributed by atoms with Crippen LogP contribution >= 0.6 is 0 Å². The first kappa shape index (κ1) is 23.7. The van der Waals surface area contributed by atoms with Gasteiger partial charge < -0.3 is 20.9 Å². The number of aliphatic hydroxyl groups excluding tert-OH is 1. The van der Waals surface area contributed by atoms with Crippen LogP contribution in [0.1, 0.15) is 22.7 Å². The number of carbonyl (C=O) groups is 2. The molecule has 10 heteroatoms. The molecule has 4 N–H and O–H groups in total. The van der Waals surface area contributed by atoms with Gasteiger partial charge >= 0.3 is 6.09 Å². The number of hydrogen-bond donors (Lipinski definition) is 3. The highest BCUT2D eigenvalue weighted by Gasteiger charge is 2.29. The van der Waals surface area contributed by atoms with E-state index in [9.17, 15) is 22.8 Å². The van der Waals surface area contributed by atoms with Crippen LogP contribution in [0.2, 0.25) is 0 Å². The Morgan fingerprint density at radius 2 is 1.70 bits per heavy atom. The van der Waals surface area contributed by atoms with Crippen LogP contribution < -0.4 is 11.1 Å². The monoisotopic (exact) mass is 459 g/mol. The van der Waals surface area contributed by atoms with Crippen molar-refractivity contribution in [3.8, 4) is 11.3 Å². The van der Waals surface area contributed by atoms with Crippen LogP contribution in [0.25, 0.3) is 11.3 Å². The molecule has 0 radical (unpaired) electrons. The summed E-state index contributed by atoms with van der Waals surface area (Å²) in [5.74, 6) is -4.98. The third-order valence-corrected chi connectivity index (χ3v) is 4.73. The van der Waals surface area contributed by atoms with Gasteiger partial charge in [-0.05, 0) is 42.5 Å². The number of nitrogens with zero attached hydrogens (tertiary/aromatic N) is 1. The molecule has 1 aromatic heterocycles. The molecule has 3 rings (SSSR count). The van der Waals surface area contributed by atoms with Crippen molar-refractivity contribution in [2.24, 2.45) is 5.73 Å². The number of pyridine rings is 1.